The predicted octanol–water partition coefficient (Wildman–Crippen LogP) is 3.69. The largest absolute Gasteiger partial charge is 0.497 e. The normalized spacial score (nSPS) is 10.4. The summed E-state index contributed by atoms with van der Waals surface area (Å²) in [7, 11) is 1.64. The summed E-state index contributed by atoms with van der Waals surface area (Å²) in [5, 5.41) is 3.37. The topological polar surface area (TPSA) is 43.4 Å². The lowest BCUT2D eigenvalue weighted by molar-refractivity contribution is 0.407. The van der Waals surface area contributed by atoms with Gasteiger partial charge in [0, 0.05) is 24.4 Å². The number of aromatic nitrogens is 1. The molecule has 0 aliphatic heterocycles. The number of methoxy groups -OCH3 is 1. The Morgan fingerprint density at radius 3 is 2.71 bits per heavy atom. The number of nitrogens with zero attached hydrogens (tertiary/aromatic N) is 1. The fourth-order valence-corrected chi connectivity index (χ4v) is 2.01. The Morgan fingerprint density at radius 1 is 1.19 bits per heavy atom. The van der Waals surface area contributed by atoms with Crippen LogP contribution in [0, 0.1) is 6.92 Å². The van der Waals surface area contributed by atoms with Gasteiger partial charge < -0.3 is 14.8 Å². The van der Waals surface area contributed by atoms with Crippen molar-refractivity contribution >= 4 is 0 Å². The highest BCUT2D eigenvalue weighted by atomic mass is 16.5. The van der Waals surface area contributed by atoms with E-state index in [9.17, 15) is 0 Å². The Morgan fingerprint density at radius 2 is 2.00 bits per heavy atom. The molecular weight excluding hydrogens is 264 g/mol. The highest BCUT2D eigenvalue weighted by Gasteiger charge is 2.05. The van der Waals surface area contributed by atoms with Crippen LogP contribution in [0.15, 0.2) is 36.5 Å². The average Bonchev–Trinajstić information content (AvgIpc) is 2.50. The Bertz CT molecular complexity index is 585. The number of pyridine rings is 1. The van der Waals surface area contributed by atoms with Gasteiger partial charge in [-0.2, -0.15) is 0 Å². The van der Waals surface area contributed by atoms with E-state index in [4.69, 9.17) is 9.47 Å². The lowest BCUT2D eigenvalue weighted by Crippen LogP contribution is -2.14. The summed E-state index contributed by atoms with van der Waals surface area (Å²) in [6, 6.07) is 9.62. The molecule has 1 heterocycles. The molecule has 0 radical (unpaired) electrons. The van der Waals surface area contributed by atoms with Gasteiger partial charge in [-0.3, -0.25) is 0 Å². The molecule has 1 N–H and O–H groups in total. The van der Waals surface area contributed by atoms with Crippen LogP contribution < -0.4 is 14.8 Å². The maximum absolute atomic E-state index is 5.82. The van der Waals surface area contributed by atoms with Gasteiger partial charge in [0.15, 0.2) is 0 Å². The molecule has 0 saturated carbocycles. The Kier molecular flexibility index (Phi) is 5.58. The molecule has 21 heavy (non-hydrogen) atoms. The monoisotopic (exact) mass is 286 g/mol. The lowest BCUT2D eigenvalue weighted by atomic mass is 10.2. The van der Waals surface area contributed by atoms with E-state index >= 15 is 0 Å². The minimum Gasteiger partial charge on any atom is -0.497 e. The first kappa shape index (κ1) is 15.3. The van der Waals surface area contributed by atoms with Gasteiger partial charge in [0.1, 0.15) is 11.5 Å². The molecule has 4 heteroatoms. The zero-order valence-electron chi connectivity index (χ0n) is 12.8. The fourth-order valence-electron chi connectivity index (χ4n) is 2.01. The SMILES string of the molecule is CCCNCc1cnc(Oc2cccc(OC)c2)c(C)c1. The van der Waals surface area contributed by atoms with Crippen molar-refractivity contribution in [3.63, 3.8) is 0 Å². The second-order valence-corrected chi connectivity index (χ2v) is 4.92. The Hall–Kier alpha value is -2.07. The summed E-state index contributed by atoms with van der Waals surface area (Å²) < 4.78 is 11.0. The fraction of sp³-hybridized carbons (Fsp3) is 0.353. The Labute approximate surface area is 126 Å². The summed E-state index contributed by atoms with van der Waals surface area (Å²) in [5.41, 5.74) is 2.19. The zero-order chi connectivity index (χ0) is 15.1. The molecule has 4 nitrogen and oxygen atoms in total. The van der Waals surface area contributed by atoms with Crippen molar-refractivity contribution in [1.29, 1.82) is 0 Å². The standard InChI is InChI=1S/C17H22N2O2/c1-4-8-18-11-14-9-13(2)17(19-12-14)21-16-7-5-6-15(10-16)20-3/h5-7,9-10,12,18H,4,8,11H2,1-3H3. The molecule has 1 aromatic carbocycles. The quantitative estimate of drug-likeness (QED) is 0.788. The third kappa shape index (κ3) is 4.46. The summed E-state index contributed by atoms with van der Waals surface area (Å²) in [4.78, 5) is 4.40. The highest BCUT2D eigenvalue weighted by Crippen LogP contribution is 2.26. The molecule has 0 bridgehead atoms. The van der Waals surface area contributed by atoms with Gasteiger partial charge in [0.25, 0.3) is 0 Å². The second kappa shape index (κ2) is 7.64. The number of hydrogen-bond donors (Lipinski definition) is 1. The molecule has 0 unspecified atom stereocenters. The second-order valence-electron chi connectivity index (χ2n) is 4.92. The van der Waals surface area contributed by atoms with Gasteiger partial charge in [-0.05, 0) is 43.7 Å². The van der Waals surface area contributed by atoms with E-state index in [1.165, 1.54) is 5.56 Å². The van der Waals surface area contributed by atoms with Crippen LogP contribution in [0.1, 0.15) is 24.5 Å². The molecule has 1 aromatic heterocycles. The number of benzene rings is 1. The molecule has 0 fully saturated rings. The third-order valence-electron chi connectivity index (χ3n) is 3.10. The van der Waals surface area contributed by atoms with E-state index in [1.807, 2.05) is 37.4 Å². The van der Waals surface area contributed by atoms with Crippen molar-refractivity contribution < 1.29 is 9.47 Å². The van der Waals surface area contributed by atoms with E-state index in [1.54, 1.807) is 7.11 Å². The molecule has 0 aliphatic rings. The van der Waals surface area contributed by atoms with Gasteiger partial charge in [-0.1, -0.05) is 13.0 Å². The molecule has 0 atom stereocenters. The van der Waals surface area contributed by atoms with E-state index < -0.39 is 0 Å². The van der Waals surface area contributed by atoms with E-state index in [2.05, 4.69) is 23.3 Å². The number of ether oxygens (including phenoxy) is 2. The van der Waals surface area contributed by atoms with Crippen molar-refractivity contribution in [2.45, 2.75) is 26.8 Å². The molecular formula is C17H22N2O2. The third-order valence-corrected chi connectivity index (χ3v) is 3.10. The number of rotatable bonds is 7. The first-order valence-electron chi connectivity index (χ1n) is 7.21. The number of hydrogen-bond acceptors (Lipinski definition) is 4. The zero-order valence-corrected chi connectivity index (χ0v) is 12.8. The Balaban J connectivity index is 2.06. The van der Waals surface area contributed by atoms with Gasteiger partial charge >= 0.3 is 0 Å². The minimum atomic E-state index is 0.627. The van der Waals surface area contributed by atoms with Crippen LogP contribution in [-0.4, -0.2) is 18.6 Å². The minimum absolute atomic E-state index is 0.627. The van der Waals surface area contributed by atoms with Crippen molar-refractivity contribution in [2.75, 3.05) is 13.7 Å². The molecule has 0 amide bonds. The molecule has 0 saturated heterocycles. The summed E-state index contributed by atoms with van der Waals surface area (Å²) in [6.45, 7) is 6.01. The maximum atomic E-state index is 5.82. The van der Waals surface area contributed by atoms with Crippen LogP contribution in [0.5, 0.6) is 17.4 Å². The van der Waals surface area contributed by atoms with Crippen molar-refractivity contribution in [3.05, 3.63) is 47.7 Å². The van der Waals surface area contributed by atoms with Crippen LogP contribution in [0.3, 0.4) is 0 Å². The number of aryl methyl sites for hydroxylation is 1. The average molecular weight is 286 g/mol. The van der Waals surface area contributed by atoms with E-state index in [-0.39, 0.29) is 0 Å². The first-order valence-corrected chi connectivity index (χ1v) is 7.21. The van der Waals surface area contributed by atoms with Gasteiger partial charge in [0.05, 0.1) is 7.11 Å². The smallest absolute Gasteiger partial charge is 0.222 e. The number of nitrogens with one attached hydrogen (secondary N) is 1. The van der Waals surface area contributed by atoms with E-state index in [0.717, 1.165) is 36.6 Å². The maximum Gasteiger partial charge on any atom is 0.222 e. The molecule has 2 rings (SSSR count). The van der Waals surface area contributed by atoms with Gasteiger partial charge in [0.2, 0.25) is 5.88 Å². The van der Waals surface area contributed by atoms with Crippen molar-refractivity contribution in [2.24, 2.45) is 0 Å². The van der Waals surface area contributed by atoms with Crippen LogP contribution in [0.4, 0.5) is 0 Å². The van der Waals surface area contributed by atoms with Crippen LogP contribution in [0.2, 0.25) is 0 Å². The van der Waals surface area contributed by atoms with E-state index in [0.29, 0.717) is 5.88 Å². The van der Waals surface area contributed by atoms with Crippen molar-refractivity contribution in [1.82, 2.24) is 10.3 Å². The van der Waals surface area contributed by atoms with Crippen LogP contribution >= 0.6 is 0 Å². The molecule has 0 aliphatic carbocycles. The van der Waals surface area contributed by atoms with Crippen LogP contribution in [0.25, 0.3) is 0 Å². The predicted molar refractivity (Wildman–Crippen MR) is 84.0 cm³/mol. The first-order chi connectivity index (χ1) is 10.2. The lowest BCUT2D eigenvalue weighted by Gasteiger charge is -2.10. The molecule has 112 valence electrons. The molecule has 2 aromatic rings. The van der Waals surface area contributed by atoms with Gasteiger partial charge in [-0.15, -0.1) is 0 Å². The summed E-state index contributed by atoms with van der Waals surface area (Å²) in [5.74, 6) is 2.12. The van der Waals surface area contributed by atoms with Crippen molar-refractivity contribution in [3.8, 4) is 17.4 Å². The summed E-state index contributed by atoms with van der Waals surface area (Å²) >= 11 is 0. The molecule has 0 spiro atoms. The highest BCUT2D eigenvalue weighted by molar-refractivity contribution is 5.37. The summed E-state index contributed by atoms with van der Waals surface area (Å²) in [6.07, 6.45) is 2.98. The van der Waals surface area contributed by atoms with Gasteiger partial charge in [-0.25, -0.2) is 4.98 Å². The van der Waals surface area contributed by atoms with Crippen LogP contribution in [-0.2, 0) is 6.54 Å².